The van der Waals surface area contributed by atoms with Gasteiger partial charge < -0.3 is 4.74 Å². The standard InChI is InChI=1S/C13H8F3NO5S/c14-13(15,16)22-10-4-2-6-12(8-10)23(20,21)11-5-1-3-9(7-11)17(18)19/h1-8H. The molecule has 2 aromatic rings. The molecule has 10 heteroatoms. The summed E-state index contributed by atoms with van der Waals surface area (Å²) in [4.78, 5) is 9.04. The first-order valence-electron chi connectivity index (χ1n) is 5.95. The Balaban J connectivity index is 2.46. The fraction of sp³-hybridized carbons (Fsp3) is 0.0769. The van der Waals surface area contributed by atoms with Crippen LogP contribution in [0.15, 0.2) is 58.3 Å². The number of ether oxygens (including phenoxy) is 1. The van der Waals surface area contributed by atoms with Crippen molar-refractivity contribution in [2.75, 3.05) is 0 Å². The molecule has 0 unspecified atom stereocenters. The Morgan fingerprint density at radius 2 is 1.57 bits per heavy atom. The molecule has 122 valence electrons. The fourth-order valence-corrected chi connectivity index (χ4v) is 3.07. The molecule has 0 saturated carbocycles. The molecular formula is C13H8F3NO5S. The Hall–Kier alpha value is -2.62. The summed E-state index contributed by atoms with van der Waals surface area (Å²) in [5, 5.41) is 10.7. The molecule has 0 spiro atoms. The van der Waals surface area contributed by atoms with Gasteiger partial charge in [0, 0.05) is 12.1 Å². The van der Waals surface area contributed by atoms with E-state index in [9.17, 15) is 31.7 Å². The van der Waals surface area contributed by atoms with Crippen LogP contribution in [0.25, 0.3) is 0 Å². The molecule has 0 N–H and O–H groups in total. The minimum absolute atomic E-state index is 0.407. The van der Waals surface area contributed by atoms with E-state index in [0.29, 0.717) is 6.07 Å². The van der Waals surface area contributed by atoms with Gasteiger partial charge in [-0.25, -0.2) is 8.42 Å². The van der Waals surface area contributed by atoms with Gasteiger partial charge in [0.05, 0.1) is 14.7 Å². The molecule has 0 saturated heterocycles. The Kier molecular flexibility index (Phi) is 4.28. The van der Waals surface area contributed by atoms with Crippen molar-refractivity contribution < 1.29 is 31.2 Å². The van der Waals surface area contributed by atoms with E-state index < -0.39 is 42.4 Å². The third-order valence-electron chi connectivity index (χ3n) is 2.69. The quantitative estimate of drug-likeness (QED) is 0.625. The molecule has 23 heavy (non-hydrogen) atoms. The van der Waals surface area contributed by atoms with Gasteiger partial charge in [0.15, 0.2) is 0 Å². The lowest BCUT2D eigenvalue weighted by atomic mass is 10.3. The summed E-state index contributed by atoms with van der Waals surface area (Å²) in [6, 6.07) is 7.99. The Morgan fingerprint density at radius 3 is 2.13 bits per heavy atom. The Bertz CT molecular complexity index is 849. The van der Waals surface area contributed by atoms with Crippen molar-refractivity contribution in [3.8, 4) is 5.75 Å². The Labute approximate surface area is 128 Å². The number of halogens is 3. The lowest BCUT2D eigenvalue weighted by Crippen LogP contribution is -2.17. The molecule has 2 aromatic carbocycles. The average Bonchev–Trinajstić information content (AvgIpc) is 2.46. The monoisotopic (exact) mass is 347 g/mol. The van der Waals surface area contributed by atoms with Crippen LogP contribution in [0, 0.1) is 10.1 Å². The highest BCUT2D eigenvalue weighted by molar-refractivity contribution is 7.91. The Morgan fingerprint density at radius 1 is 1.00 bits per heavy atom. The van der Waals surface area contributed by atoms with Crippen LogP contribution in [0.1, 0.15) is 0 Å². The van der Waals surface area contributed by atoms with Gasteiger partial charge in [0.25, 0.3) is 5.69 Å². The van der Waals surface area contributed by atoms with Crippen LogP contribution in [-0.2, 0) is 9.84 Å². The summed E-state index contributed by atoms with van der Waals surface area (Å²) in [5.74, 6) is -0.705. The van der Waals surface area contributed by atoms with E-state index >= 15 is 0 Å². The van der Waals surface area contributed by atoms with Gasteiger partial charge in [-0.3, -0.25) is 10.1 Å². The molecule has 0 aromatic heterocycles. The van der Waals surface area contributed by atoms with Gasteiger partial charge in [0.1, 0.15) is 5.75 Å². The SMILES string of the molecule is O=[N+]([O-])c1cccc(S(=O)(=O)c2cccc(OC(F)(F)F)c2)c1. The molecule has 0 amide bonds. The predicted octanol–water partition coefficient (Wildman–Crippen LogP) is 3.33. The number of benzene rings is 2. The van der Waals surface area contributed by atoms with Gasteiger partial charge >= 0.3 is 6.36 Å². The van der Waals surface area contributed by atoms with Crippen molar-refractivity contribution >= 4 is 15.5 Å². The average molecular weight is 347 g/mol. The van der Waals surface area contributed by atoms with Crippen molar-refractivity contribution in [1.82, 2.24) is 0 Å². The summed E-state index contributed by atoms with van der Waals surface area (Å²) < 4.78 is 65.0. The molecule has 0 fully saturated rings. The highest BCUT2D eigenvalue weighted by Gasteiger charge is 2.31. The third-order valence-corrected chi connectivity index (χ3v) is 4.44. The first-order valence-corrected chi connectivity index (χ1v) is 7.43. The van der Waals surface area contributed by atoms with Gasteiger partial charge in [0.2, 0.25) is 9.84 Å². The lowest BCUT2D eigenvalue weighted by Gasteiger charge is -2.10. The van der Waals surface area contributed by atoms with E-state index in [-0.39, 0.29) is 0 Å². The maximum atomic E-state index is 12.4. The highest BCUT2D eigenvalue weighted by Crippen LogP contribution is 2.29. The number of nitrogens with zero attached hydrogens (tertiary/aromatic N) is 1. The first-order chi connectivity index (χ1) is 10.6. The number of rotatable bonds is 4. The van der Waals surface area contributed by atoms with Crippen molar-refractivity contribution in [2.24, 2.45) is 0 Å². The van der Waals surface area contributed by atoms with Gasteiger partial charge in [-0.15, -0.1) is 13.2 Å². The number of alkyl halides is 3. The van der Waals surface area contributed by atoms with Crippen molar-refractivity contribution in [3.63, 3.8) is 0 Å². The fourth-order valence-electron chi connectivity index (χ4n) is 1.74. The number of non-ortho nitro benzene ring substituents is 1. The highest BCUT2D eigenvalue weighted by atomic mass is 32.2. The minimum atomic E-state index is -4.96. The maximum Gasteiger partial charge on any atom is 0.573 e. The molecular weight excluding hydrogens is 339 g/mol. The first kappa shape index (κ1) is 16.7. The summed E-state index contributed by atoms with van der Waals surface area (Å²) >= 11 is 0. The number of nitro benzene ring substituents is 1. The second-order valence-corrected chi connectivity index (χ2v) is 6.23. The van der Waals surface area contributed by atoms with Gasteiger partial charge in [-0.2, -0.15) is 0 Å². The van der Waals surface area contributed by atoms with Gasteiger partial charge in [-0.1, -0.05) is 12.1 Å². The zero-order valence-corrected chi connectivity index (χ0v) is 12.0. The van der Waals surface area contributed by atoms with E-state index in [4.69, 9.17) is 0 Å². The van der Waals surface area contributed by atoms with Crippen LogP contribution in [0.2, 0.25) is 0 Å². The smallest absolute Gasteiger partial charge is 0.406 e. The zero-order chi connectivity index (χ0) is 17.3. The summed E-state index contributed by atoms with van der Waals surface area (Å²) in [7, 11) is -4.22. The molecule has 0 aliphatic heterocycles. The summed E-state index contributed by atoms with van der Waals surface area (Å²) in [5.41, 5.74) is -0.450. The van der Waals surface area contributed by atoms with E-state index in [2.05, 4.69) is 4.74 Å². The molecule has 0 radical (unpaired) electrons. The van der Waals surface area contributed by atoms with Crippen LogP contribution < -0.4 is 4.74 Å². The number of sulfone groups is 1. The third kappa shape index (κ3) is 3.97. The number of hydrogen-bond donors (Lipinski definition) is 0. The second kappa shape index (κ2) is 5.88. The predicted molar refractivity (Wildman–Crippen MR) is 71.7 cm³/mol. The normalized spacial score (nSPS) is 12.0. The molecule has 0 aliphatic carbocycles. The van der Waals surface area contributed by atoms with Gasteiger partial charge in [-0.05, 0) is 24.3 Å². The van der Waals surface area contributed by atoms with Crippen LogP contribution in [0.5, 0.6) is 5.75 Å². The van der Waals surface area contributed by atoms with E-state index in [1.165, 1.54) is 6.07 Å². The summed E-state index contributed by atoms with van der Waals surface area (Å²) in [6.45, 7) is 0. The van der Waals surface area contributed by atoms with Crippen LogP contribution in [-0.4, -0.2) is 19.7 Å². The molecule has 0 heterocycles. The van der Waals surface area contributed by atoms with Crippen molar-refractivity contribution in [1.29, 1.82) is 0 Å². The maximum absolute atomic E-state index is 12.4. The minimum Gasteiger partial charge on any atom is -0.406 e. The van der Waals surface area contributed by atoms with Crippen molar-refractivity contribution in [2.45, 2.75) is 16.2 Å². The molecule has 0 atom stereocenters. The molecule has 0 aliphatic rings. The van der Waals surface area contributed by atoms with E-state index in [1.54, 1.807) is 0 Å². The number of nitro groups is 1. The van der Waals surface area contributed by atoms with E-state index in [0.717, 1.165) is 36.4 Å². The molecule has 6 nitrogen and oxygen atoms in total. The van der Waals surface area contributed by atoms with Crippen molar-refractivity contribution in [3.05, 3.63) is 58.6 Å². The van der Waals surface area contributed by atoms with Crippen LogP contribution >= 0.6 is 0 Å². The topological polar surface area (TPSA) is 86.5 Å². The summed E-state index contributed by atoms with van der Waals surface area (Å²) in [6.07, 6.45) is -4.96. The number of hydrogen-bond acceptors (Lipinski definition) is 5. The molecule has 2 rings (SSSR count). The van der Waals surface area contributed by atoms with Crippen LogP contribution in [0.3, 0.4) is 0 Å². The van der Waals surface area contributed by atoms with Crippen LogP contribution in [0.4, 0.5) is 18.9 Å². The second-order valence-electron chi connectivity index (χ2n) is 4.28. The lowest BCUT2D eigenvalue weighted by molar-refractivity contribution is -0.385. The molecule has 0 bridgehead atoms. The van der Waals surface area contributed by atoms with E-state index in [1.807, 2.05) is 0 Å². The largest absolute Gasteiger partial charge is 0.573 e. The zero-order valence-electron chi connectivity index (χ0n) is 11.1.